The van der Waals surface area contributed by atoms with Crippen LogP contribution in [-0.2, 0) is 0 Å². The smallest absolute Gasteiger partial charge is 0.274 e. The maximum Gasteiger partial charge on any atom is 0.274 e. The Balaban J connectivity index is 1.61. The molecule has 0 aliphatic rings. The Hall–Kier alpha value is -3.44. The van der Waals surface area contributed by atoms with Crippen LogP contribution in [0, 0.1) is 0 Å². The number of pyridine rings is 1. The minimum Gasteiger partial charge on any atom is -0.355 e. The summed E-state index contributed by atoms with van der Waals surface area (Å²) in [6, 6.07) is 23.6. The first kappa shape index (κ1) is 17.9. The quantitative estimate of drug-likeness (QED) is 0.526. The molecule has 4 aromatic rings. The summed E-state index contributed by atoms with van der Waals surface area (Å²) in [5.74, 6) is 0.0754. The maximum absolute atomic E-state index is 12.8. The Kier molecular flexibility index (Phi) is 5.17. The lowest BCUT2D eigenvalue weighted by atomic mass is 10.0. The third-order valence-electron chi connectivity index (χ3n) is 4.27. The zero-order valence-corrected chi connectivity index (χ0v) is 15.5. The Morgan fingerprint density at radius 3 is 2.46 bits per heavy atom. The number of halogens is 1. The van der Waals surface area contributed by atoms with Crippen LogP contribution in [0.2, 0.25) is 5.02 Å². The van der Waals surface area contributed by atoms with Gasteiger partial charge in [-0.15, -0.1) is 0 Å². The Morgan fingerprint density at radius 1 is 0.964 bits per heavy atom. The second-order valence-electron chi connectivity index (χ2n) is 6.13. The molecule has 0 spiro atoms. The van der Waals surface area contributed by atoms with Gasteiger partial charge in [-0.3, -0.25) is 9.78 Å². The largest absolute Gasteiger partial charge is 0.355 e. The lowest BCUT2D eigenvalue weighted by molar-refractivity contribution is 0.0933. The molecule has 1 atom stereocenters. The van der Waals surface area contributed by atoms with Crippen molar-refractivity contribution in [3.05, 3.63) is 107 Å². The Bertz CT molecular complexity index is 1040. The second kappa shape index (κ2) is 8.06. The highest BCUT2D eigenvalue weighted by molar-refractivity contribution is 6.33. The summed E-state index contributed by atoms with van der Waals surface area (Å²) in [4.78, 5) is 17.2. The number of benzene rings is 2. The average molecular weight is 390 g/mol. The van der Waals surface area contributed by atoms with Gasteiger partial charge in [-0.25, -0.2) is 0 Å². The zero-order valence-electron chi connectivity index (χ0n) is 14.7. The minimum atomic E-state index is -0.407. The van der Waals surface area contributed by atoms with Crippen molar-refractivity contribution in [2.45, 2.75) is 6.04 Å². The normalized spacial score (nSPS) is 11.8. The van der Waals surface area contributed by atoms with Gasteiger partial charge in [0.05, 0.1) is 16.8 Å². The minimum absolute atomic E-state index is 0.173. The highest BCUT2D eigenvalue weighted by Crippen LogP contribution is 2.28. The van der Waals surface area contributed by atoms with Crippen LogP contribution < -0.4 is 5.32 Å². The van der Waals surface area contributed by atoms with E-state index in [4.69, 9.17) is 16.1 Å². The van der Waals surface area contributed by atoms with Crippen LogP contribution in [0.15, 0.2) is 89.6 Å². The van der Waals surface area contributed by atoms with Crippen molar-refractivity contribution in [2.24, 2.45) is 0 Å². The van der Waals surface area contributed by atoms with Gasteiger partial charge >= 0.3 is 0 Å². The standard InChI is InChI=1S/C22H16ClN3O2/c23-17-11-5-4-10-16(17)20-14-19(26-28-20)22(27)25-21(15-8-2-1-3-9-15)18-12-6-7-13-24-18/h1-14,21H,(H,25,27)/t21-/m0/s1. The average Bonchev–Trinajstić information content (AvgIpc) is 3.23. The van der Waals surface area contributed by atoms with Gasteiger partial charge in [0, 0.05) is 17.8 Å². The van der Waals surface area contributed by atoms with Crippen LogP contribution in [0.4, 0.5) is 0 Å². The molecule has 0 aliphatic carbocycles. The number of hydrogen-bond donors (Lipinski definition) is 1. The van der Waals surface area contributed by atoms with E-state index in [0.717, 1.165) is 11.3 Å². The van der Waals surface area contributed by atoms with Crippen LogP contribution in [0.25, 0.3) is 11.3 Å². The zero-order chi connectivity index (χ0) is 19.3. The van der Waals surface area contributed by atoms with Crippen molar-refractivity contribution in [1.82, 2.24) is 15.5 Å². The summed E-state index contributed by atoms with van der Waals surface area (Å²) in [7, 11) is 0. The van der Waals surface area contributed by atoms with Crippen molar-refractivity contribution in [3.8, 4) is 11.3 Å². The number of amides is 1. The predicted octanol–water partition coefficient (Wildman–Crippen LogP) is 4.91. The summed E-state index contributed by atoms with van der Waals surface area (Å²) < 4.78 is 5.33. The highest BCUT2D eigenvalue weighted by atomic mass is 35.5. The van der Waals surface area contributed by atoms with E-state index in [1.54, 1.807) is 18.3 Å². The molecular weight excluding hydrogens is 374 g/mol. The van der Waals surface area contributed by atoms with Crippen LogP contribution in [0.1, 0.15) is 27.8 Å². The Morgan fingerprint density at radius 2 is 1.71 bits per heavy atom. The van der Waals surface area contributed by atoms with Crippen LogP contribution in [0.5, 0.6) is 0 Å². The first-order valence-corrected chi connectivity index (χ1v) is 9.08. The van der Waals surface area contributed by atoms with Gasteiger partial charge in [0.1, 0.15) is 0 Å². The van der Waals surface area contributed by atoms with E-state index in [-0.39, 0.29) is 11.6 Å². The number of aromatic nitrogens is 2. The van der Waals surface area contributed by atoms with Gasteiger partial charge in [0.15, 0.2) is 11.5 Å². The Labute approximate surface area is 167 Å². The highest BCUT2D eigenvalue weighted by Gasteiger charge is 2.21. The summed E-state index contributed by atoms with van der Waals surface area (Å²) in [6.45, 7) is 0. The van der Waals surface area contributed by atoms with E-state index in [0.29, 0.717) is 16.3 Å². The van der Waals surface area contributed by atoms with Crippen molar-refractivity contribution >= 4 is 17.5 Å². The van der Waals surface area contributed by atoms with Gasteiger partial charge in [-0.2, -0.15) is 0 Å². The van der Waals surface area contributed by atoms with E-state index in [9.17, 15) is 4.79 Å². The second-order valence-corrected chi connectivity index (χ2v) is 6.54. The lowest BCUT2D eigenvalue weighted by Crippen LogP contribution is -2.30. The van der Waals surface area contributed by atoms with Crippen LogP contribution >= 0.6 is 11.6 Å². The SMILES string of the molecule is O=C(N[C@@H](c1ccccc1)c1ccccn1)c1cc(-c2ccccc2Cl)on1. The lowest BCUT2D eigenvalue weighted by Gasteiger charge is -2.18. The molecular formula is C22H16ClN3O2. The first-order chi connectivity index (χ1) is 13.7. The fraction of sp³-hybridized carbons (Fsp3) is 0.0455. The number of nitrogens with one attached hydrogen (secondary N) is 1. The molecule has 0 aliphatic heterocycles. The molecule has 0 bridgehead atoms. The van der Waals surface area contributed by atoms with E-state index in [1.807, 2.05) is 66.7 Å². The predicted molar refractivity (Wildman–Crippen MR) is 107 cm³/mol. The van der Waals surface area contributed by atoms with E-state index in [2.05, 4.69) is 15.5 Å². The molecule has 4 rings (SSSR count). The third kappa shape index (κ3) is 3.80. The summed E-state index contributed by atoms with van der Waals surface area (Å²) in [5.41, 5.74) is 2.51. The van der Waals surface area contributed by atoms with Crippen LogP contribution in [-0.4, -0.2) is 16.0 Å². The molecule has 138 valence electrons. The topological polar surface area (TPSA) is 68.0 Å². The molecule has 1 N–H and O–H groups in total. The molecule has 2 aromatic carbocycles. The molecule has 6 heteroatoms. The molecule has 5 nitrogen and oxygen atoms in total. The van der Waals surface area contributed by atoms with Crippen molar-refractivity contribution in [3.63, 3.8) is 0 Å². The molecule has 2 heterocycles. The molecule has 1 amide bonds. The van der Waals surface area contributed by atoms with Gasteiger partial charge in [-0.1, -0.05) is 65.3 Å². The molecule has 28 heavy (non-hydrogen) atoms. The monoisotopic (exact) mass is 389 g/mol. The van der Waals surface area contributed by atoms with E-state index >= 15 is 0 Å². The van der Waals surface area contributed by atoms with Gasteiger partial charge in [0.2, 0.25) is 0 Å². The number of nitrogens with zero attached hydrogens (tertiary/aromatic N) is 2. The van der Waals surface area contributed by atoms with Crippen molar-refractivity contribution < 1.29 is 9.32 Å². The van der Waals surface area contributed by atoms with E-state index in [1.165, 1.54) is 0 Å². The fourth-order valence-corrected chi connectivity index (χ4v) is 3.12. The summed E-state index contributed by atoms with van der Waals surface area (Å²) in [6.07, 6.45) is 1.70. The summed E-state index contributed by atoms with van der Waals surface area (Å²) in [5, 5.41) is 7.43. The van der Waals surface area contributed by atoms with Crippen molar-refractivity contribution in [2.75, 3.05) is 0 Å². The van der Waals surface area contributed by atoms with Gasteiger partial charge in [0.25, 0.3) is 5.91 Å². The molecule has 2 aromatic heterocycles. The van der Waals surface area contributed by atoms with E-state index < -0.39 is 6.04 Å². The van der Waals surface area contributed by atoms with Crippen LogP contribution in [0.3, 0.4) is 0 Å². The number of carbonyl (C=O) groups excluding carboxylic acids is 1. The molecule has 0 unspecified atom stereocenters. The first-order valence-electron chi connectivity index (χ1n) is 8.71. The number of hydrogen-bond acceptors (Lipinski definition) is 4. The number of rotatable bonds is 5. The summed E-state index contributed by atoms with van der Waals surface area (Å²) >= 11 is 6.20. The molecule has 0 saturated heterocycles. The van der Waals surface area contributed by atoms with Gasteiger partial charge < -0.3 is 9.84 Å². The fourth-order valence-electron chi connectivity index (χ4n) is 2.90. The maximum atomic E-state index is 12.8. The number of carbonyl (C=O) groups is 1. The van der Waals surface area contributed by atoms with Crippen molar-refractivity contribution in [1.29, 1.82) is 0 Å². The molecule has 0 fully saturated rings. The molecule has 0 radical (unpaired) electrons. The van der Waals surface area contributed by atoms with Gasteiger partial charge in [-0.05, 0) is 29.8 Å². The third-order valence-corrected chi connectivity index (χ3v) is 4.60. The molecule has 0 saturated carbocycles.